The van der Waals surface area contributed by atoms with Gasteiger partial charge in [-0.2, -0.15) is 0 Å². The van der Waals surface area contributed by atoms with Crippen LogP contribution in [-0.2, 0) is 0 Å². The highest BCUT2D eigenvalue weighted by atomic mass is 35.5. The van der Waals surface area contributed by atoms with Gasteiger partial charge in [0.2, 0.25) is 5.91 Å². The van der Waals surface area contributed by atoms with Crippen LogP contribution >= 0.6 is 23.2 Å². The van der Waals surface area contributed by atoms with Gasteiger partial charge in [-0.25, -0.2) is 4.39 Å². The number of primary amides is 1. The van der Waals surface area contributed by atoms with Crippen molar-refractivity contribution in [3.8, 4) is 11.1 Å². The predicted octanol–water partition coefficient (Wildman–Crippen LogP) is 6.17. The number of halogens is 3. The summed E-state index contributed by atoms with van der Waals surface area (Å²) in [6.45, 7) is 1.65. The molecule has 0 aromatic heterocycles. The van der Waals surface area contributed by atoms with E-state index in [1.54, 1.807) is 31.3 Å². The van der Waals surface area contributed by atoms with Crippen LogP contribution in [0.4, 0.5) is 15.8 Å². The smallest absolute Gasteiger partial charge is 0.262 e. The average Bonchev–Trinajstić information content (AvgIpc) is 2.83. The molecule has 3 aromatic rings. The number of hydrogen-bond donors (Lipinski definition) is 1. The SMILES string of the molecule is CN(C(=O)c1c(F)cccc1Cl)c1ccc(-c2cc(C(N)=O)ccc2Cl)cc1N1CCCCC1. The van der Waals surface area contributed by atoms with E-state index < -0.39 is 17.6 Å². The molecule has 0 radical (unpaired) electrons. The van der Waals surface area contributed by atoms with E-state index >= 15 is 0 Å². The highest BCUT2D eigenvalue weighted by molar-refractivity contribution is 6.35. The van der Waals surface area contributed by atoms with Crippen LogP contribution in [0.3, 0.4) is 0 Å². The standard InChI is InChI=1S/C26H24Cl2FN3O2/c1-31(26(34)24-20(28)6-5-7-21(24)29)22-11-9-16(15-23(22)32-12-3-2-4-13-32)18-14-17(25(30)33)8-10-19(18)27/h5-11,14-15H,2-4,12-13H2,1H3,(H2,30,33). The Kier molecular flexibility index (Phi) is 7.10. The van der Waals surface area contributed by atoms with Crippen LogP contribution in [-0.4, -0.2) is 32.0 Å². The van der Waals surface area contributed by atoms with E-state index in [0.29, 0.717) is 21.8 Å². The van der Waals surface area contributed by atoms with Gasteiger partial charge in [0, 0.05) is 36.3 Å². The Hall–Kier alpha value is -3.09. The molecule has 2 amide bonds. The van der Waals surface area contributed by atoms with E-state index in [0.717, 1.165) is 43.6 Å². The fourth-order valence-corrected chi connectivity index (χ4v) is 4.71. The molecule has 0 aliphatic carbocycles. The first kappa shape index (κ1) is 24.0. The molecular weight excluding hydrogens is 476 g/mol. The van der Waals surface area contributed by atoms with Crippen molar-refractivity contribution in [3.05, 3.63) is 81.6 Å². The molecule has 1 aliphatic rings. The maximum atomic E-state index is 14.5. The second-order valence-corrected chi connectivity index (χ2v) is 9.09. The van der Waals surface area contributed by atoms with Gasteiger partial charge < -0.3 is 15.5 Å². The molecule has 1 aliphatic heterocycles. The summed E-state index contributed by atoms with van der Waals surface area (Å²) in [5, 5.41) is 0.535. The quantitative estimate of drug-likeness (QED) is 0.456. The lowest BCUT2D eigenvalue weighted by Crippen LogP contribution is -2.33. The molecular formula is C26H24Cl2FN3O2. The van der Waals surface area contributed by atoms with E-state index in [4.69, 9.17) is 28.9 Å². The van der Waals surface area contributed by atoms with Gasteiger partial charge in [-0.3, -0.25) is 9.59 Å². The number of piperidine rings is 1. The van der Waals surface area contributed by atoms with E-state index in [9.17, 15) is 14.0 Å². The molecule has 0 saturated carbocycles. The number of rotatable bonds is 5. The summed E-state index contributed by atoms with van der Waals surface area (Å²) >= 11 is 12.6. The van der Waals surface area contributed by atoms with Gasteiger partial charge in [0.25, 0.3) is 5.91 Å². The lowest BCUT2D eigenvalue weighted by atomic mass is 10.00. The van der Waals surface area contributed by atoms with E-state index in [1.165, 1.54) is 23.1 Å². The van der Waals surface area contributed by atoms with Crippen LogP contribution < -0.4 is 15.5 Å². The summed E-state index contributed by atoms with van der Waals surface area (Å²) < 4.78 is 14.5. The fourth-order valence-electron chi connectivity index (χ4n) is 4.24. The lowest BCUT2D eigenvalue weighted by Gasteiger charge is -2.33. The zero-order chi connectivity index (χ0) is 24.4. The largest absolute Gasteiger partial charge is 0.370 e. The minimum Gasteiger partial charge on any atom is -0.370 e. The molecule has 8 heteroatoms. The first-order chi connectivity index (χ1) is 16.3. The minimum atomic E-state index is -0.671. The monoisotopic (exact) mass is 499 g/mol. The van der Waals surface area contributed by atoms with E-state index in [2.05, 4.69) is 4.90 Å². The summed E-state index contributed by atoms with van der Waals surface area (Å²) in [7, 11) is 1.61. The van der Waals surface area contributed by atoms with Crippen molar-refractivity contribution in [2.75, 3.05) is 29.9 Å². The predicted molar refractivity (Wildman–Crippen MR) is 136 cm³/mol. The number of hydrogen-bond acceptors (Lipinski definition) is 3. The first-order valence-electron chi connectivity index (χ1n) is 11.0. The van der Waals surface area contributed by atoms with Crippen LogP contribution in [0.15, 0.2) is 54.6 Å². The normalized spacial score (nSPS) is 13.6. The molecule has 0 atom stereocenters. The van der Waals surface area contributed by atoms with E-state index in [-0.39, 0.29) is 10.6 Å². The minimum absolute atomic E-state index is 0.0584. The number of carbonyl (C=O) groups excluding carboxylic acids is 2. The third-order valence-corrected chi connectivity index (χ3v) is 6.72. The van der Waals surface area contributed by atoms with Crippen LogP contribution in [0.5, 0.6) is 0 Å². The van der Waals surface area contributed by atoms with Gasteiger partial charge in [-0.1, -0.05) is 35.3 Å². The second kappa shape index (κ2) is 10.0. The summed E-state index contributed by atoms with van der Waals surface area (Å²) in [5.41, 5.74) is 8.52. The van der Waals surface area contributed by atoms with Crippen LogP contribution in [0.2, 0.25) is 10.0 Å². The van der Waals surface area contributed by atoms with Crippen molar-refractivity contribution < 1.29 is 14.0 Å². The number of carbonyl (C=O) groups is 2. The molecule has 176 valence electrons. The van der Waals surface area contributed by atoms with Crippen molar-refractivity contribution in [1.82, 2.24) is 0 Å². The zero-order valence-electron chi connectivity index (χ0n) is 18.7. The molecule has 0 bridgehead atoms. The number of nitrogens with zero attached hydrogens (tertiary/aromatic N) is 2. The van der Waals surface area contributed by atoms with Crippen LogP contribution in [0.1, 0.15) is 40.0 Å². The lowest BCUT2D eigenvalue weighted by molar-refractivity contribution is 0.0985. The molecule has 34 heavy (non-hydrogen) atoms. The van der Waals surface area contributed by atoms with E-state index in [1.807, 2.05) is 12.1 Å². The highest BCUT2D eigenvalue weighted by Gasteiger charge is 2.25. The summed E-state index contributed by atoms with van der Waals surface area (Å²) in [5.74, 6) is -1.75. The Morgan fingerprint density at radius 1 is 0.971 bits per heavy atom. The second-order valence-electron chi connectivity index (χ2n) is 8.27. The number of amides is 2. The molecule has 1 heterocycles. The van der Waals surface area contributed by atoms with Crippen LogP contribution in [0, 0.1) is 5.82 Å². The Bertz CT molecular complexity index is 1240. The Morgan fingerprint density at radius 3 is 2.38 bits per heavy atom. The molecule has 1 fully saturated rings. The third kappa shape index (κ3) is 4.74. The van der Waals surface area contributed by atoms with Gasteiger partial charge in [0.1, 0.15) is 5.82 Å². The Balaban J connectivity index is 1.81. The summed E-state index contributed by atoms with van der Waals surface area (Å²) in [6.07, 6.45) is 3.19. The third-order valence-electron chi connectivity index (χ3n) is 6.08. The van der Waals surface area contributed by atoms with Crippen molar-refractivity contribution in [3.63, 3.8) is 0 Å². The highest BCUT2D eigenvalue weighted by Crippen LogP contribution is 2.38. The maximum absolute atomic E-state index is 14.5. The van der Waals surface area contributed by atoms with Crippen molar-refractivity contribution >= 4 is 46.4 Å². The van der Waals surface area contributed by atoms with Crippen molar-refractivity contribution in [1.29, 1.82) is 0 Å². The van der Waals surface area contributed by atoms with Gasteiger partial charge in [0.15, 0.2) is 0 Å². The number of nitrogens with two attached hydrogens (primary N) is 1. The first-order valence-corrected chi connectivity index (χ1v) is 11.7. The van der Waals surface area contributed by atoms with Gasteiger partial charge in [-0.15, -0.1) is 0 Å². The molecule has 0 spiro atoms. The molecule has 3 aromatic carbocycles. The summed E-state index contributed by atoms with van der Waals surface area (Å²) in [6, 6.07) is 14.6. The van der Waals surface area contributed by atoms with Gasteiger partial charge in [-0.05, 0) is 67.3 Å². The Labute approximate surface area is 207 Å². The van der Waals surface area contributed by atoms with Crippen LogP contribution in [0.25, 0.3) is 11.1 Å². The fraction of sp³-hybridized carbons (Fsp3) is 0.231. The molecule has 2 N–H and O–H groups in total. The average molecular weight is 500 g/mol. The number of benzene rings is 3. The van der Waals surface area contributed by atoms with Crippen molar-refractivity contribution in [2.24, 2.45) is 5.73 Å². The van der Waals surface area contributed by atoms with Crippen molar-refractivity contribution in [2.45, 2.75) is 19.3 Å². The Morgan fingerprint density at radius 2 is 1.71 bits per heavy atom. The molecule has 4 rings (SSSR count). The summed E-state index contributed by atoms with van der Waals surface area (Å²) in [4.78, 5) is 28.6. The van der Waals surface area contributed by atoms with Gasteiger partial charge in [0.05, 0.1) is 22.0 Å². The van der Waals surface area contributed by atoms with Gasteiger partial charge >= 0.3 is 0 Å². The number of anilines is 2. The molecule has 0 unspecified atom stereocenters. The maximum Gasteiger partial charge on any atom is 0.262 e. The zero-order valence-corrected chi connectivity index (χ0v) is 20.2. The topological polar surface area (TPSA) is 66.6 Å². The molecule has 5 nitrogen and oxygen atoms in total. The molecule has 1 saturated heterocycles.